The molecule has 1 aromatic carbocycles. The maximum absolute atomic E-state index is 12.7. The number of hydrogen-bond acceptors (Lipinski definition) is 5. The molecule has 2 heterocycles. The smallest absolute Gasteiger partial charge is 0.330 e. The first kappa shape index (κ1) is 18.1. The van der Waals surface area contributed by atoms with Gasteiger partial charge < -0.3 is 19.7 Å². The molecule has 146 valence electrons. The first-order chi connectivity index (χ1) is 13.3. The van der Waals surface area contributed by atoms with Crippen molar-refractivity contribution in [2.24, 2.45) is 5.92 Å². The summed E-state index contributed by atoms with van der Waals surface area (Å²) in [5.74, 6) is 0.944. The molecule has 0 radical (unpaired) electrons. The summed E-state index contributed by atoms with van der Waals surface area (Å²) in [5, 5.41) is 3.00. The van der Waals surface area contributed by atoms with Crippen LogP contribution in [-0.2, 0) is 4.74 Å². The number of morpholine rings is 1. The Labute approximate surface area is 159 Å². The Kier molecular flexibility index (Phi) is 5.48. The summed E-state index contributed by atoms with van der Waals surface area (Å²) in [4.78, 5) is 19.5. The minimum Gasteiger partial charge on any atom is -0.468 e. The van der Waals surface area contributed by atoms with Crippen molar-refractivity contribution in [1.29, 1.82) is 0 Å². The lowest BCUT2D eigenvalue weighted by atomic mass is 10.2. The van der Waals surface area contributed by atoms with Crippen molar-refractivity contribution in [2.75, 3.05) is 44.9 Å². The Bertz CT molecular complexity index is 794. The number of fused-ring (bicyclic) bond motifs is 1. The first-order valence-corrected chi connectivity index (χ1v) is 9.93. The van der Waals surface area contributed by atoms with Crippen molar-refractivity contribution < 1.29 is 14.3 Å². The number of anilines is 1. The third kappa shape index (κ3) is 4.18. The van der Waals surface area contributed by atoms with Crippen molar-refractivity contribution in [3.63, 3.8) is 0 Å². The SMILES string of the molecule is COc1nc2cc(N3CCOCC3)ccc2n1C(=O)NCCCCC1CC1. The zero-order chi connectivity index (χ0) is 18.6. The molecule has 0 spiro atoms. The second kappa shape index (κ2) is 8.17. The van der Waals surface area contributed by atoms with Crippen molar-refractivity contribution in [1.82, 2.24) is 14.9 Å². The van der Waals surface area contributed by atoms with Gasteiger partial charge in [-0.3, -0.25) is 0 Å². The number of carbonyl (C=O) groups is 1. The fourth-order valence-corrected chi connectivity index (χ4v) is 3.64. The molecule has 1 N–H and O–H groups in total. The van der Waals surface area contributed by atoms with Crippen LogP contribution in [0, 0.1) is 5.92 Å². The molecule has 2 fully saturated rings. The summed E-state index contributed by atoms with van der Waals surface area (Å²) in [6, 6.07) is 6.14. The second-order valence-corrected chi connectivity index (χ2v) is 7.38. The number of nitrogens with zero attached hydrogens (tertiary/aromatic N) is 3. The Balaban J connectivity index is 1.46. The average molecular weight is 372 g/mol. The highest BCUT2D eigenvalue weighted by molar-refractivity contribution is 5.92. The van der Waals surface area contributed by atoms with Crippen molar-refractivity contribution in [3.8, 4) is 6.01 Å². The van der Waals surface area contributed by atoms with E-state index in [0.29, 0.717) is 12.6 Å². The third-order valence-electron chi connectivity index (χ3n) is 5.38. The van der Waals surface area contributed by atoms with Crippen LogP contribution in [0.2, 0.25) is 0 Å². The molecule has 1 saturated carbocycles. The lowest BCUT2D eigenvalue weighted by molar-refractivity contribution is 0.122. The predicted molar refractivity (Wildman–Crippen MR) is 105 cm³/mol. The number of imidazole rings is 1. The number of unbranched alkanes of at least 4 members (excludes halogenated alkanes) is 1. The fourth-order valence-electron chi connectivity index (χ4n) is 3.64. The lowest BCUT2D eigenvalue weighted by Gasteiger charge is -2.28. The zero-order valence-corrected chi connectivity index (χ0v) is 15.9. The van der Waals surface area contributed by atoms with Crippen LogP contribution in [0.5, 0.6) is 6.01 Å². The standard InChI is InChI=1S/C20H28N4O3/c1-26-20-22-17-14-16(23-10-12-27-13-11-23)7-8-18(17)24(20)19(25)21-9-3-2-4-15-5-6-15/h7-8,14-15H,2-6,9-13H2,1H3,(H,21,25). The number of rotatable bonds is 7. The number of hydrogen-bond donors (Lipinski definition) is 1. The van der Waals surface area contributed by atoms with Crippen molar-refractivity contribution in [3.05, 3.63) is 18.2 Å². The van der Waals surface area contributed by atoms with Crippen molar-refractivity contribution in [2.45, 2.75) is 32.1 Å². The number of nitrogens with one attached hydrogen (secondary N) is 1. The largest absolute Gasteiger partial charge is 0.468 e. The van der Waals surface area contributed by atoms with Gasteiger partial charge in [-0.15, -0.1) is 0 Å². The van der Waals surface area contributed by atoms with Crippen LogP contribution in [0.3, 0.4) is 0 Å². The van der Waals surface area contributed by atoms with Gasteiger partial charge in [-0.2, -0.15) is 4.98 Å². The highest BCUT2D eigenvalue weighted by atomic mass is 16.5. The van der Waals surface area contributed by atoms with Crippen LogP contribution >= 0.6 is 0 Å². The van der Waals surface area contributed by atoms with Crippen LogP contribution in [0.1, 0.15) is 32.1 Å². The van der Waals surface area contributed by atoms with Gasteiger partial charge >= 0.3 is 12.0 Å². The summed E-state index contributed by atoms with van der Waals surface area (Å²) < 4.78 is 12.3. The number of benzene rings is 1. The van der Waals surface area contributed by atoms with Gasteiger partial charge in [0.05, 0.1) is 31.4 Å². The normalized spacial score (nSPS) is 17.3. The van der Waals surface area contributed by atoms with Gasteiger partial charge in [0.2, 0.25) is 0 Å². The molecule has 1 aromatic heterocycles. The molecule has 1 aliphatic carbocycles. The van der Waals surface area contributed by atoms with E-state index in [4.69, 9.17) is 9.47 Å². The molecule has 7 heteroatoms. The minimum absolute atomic E-state index is 0.181. The van der Waals surface area contributed by atoms with Gasteiger partial charge in [0.1, 0.15) is 0 Å². The zero-order valence-electron chi connectivity index (χ0n) is 15.9. The highest BCUT2D eigenvalue weighted by Gasteiger charge is 2.21. The van der Waals surface area contributed by atoms with Crippen LogP contribution in [0.15, 0.2) is 18.2 Å². The molecule has 1 saturated heterocycles. The van der Waals surface area contributed by atoms with E-state index < -0.39 is 0 Å². The Morgan fingerprint density at radius 1 is 1.30 bits per heavy atom. The predicted octanol–water partition coefficient (Wildman–Crippen LogP) is 3.02. The number of carbonyl (C=O) groups excluding carboxylic acids is 1. The van der Waals surface area contributed by atoms with E-state index in [-0.39, 0.29) is 6.03 Å². The summed E-state index contributed by atoms with van der Waals surface area (Å²) in [6.07, 6.45) is 6.25. The van der Waals surface area contributed by atoms with Gasteiger partial charge in [0.15, 0.2) is 0 Å². The average Bonchev–Trinajstić information content (AvgIpc) is 3.45. The molecule has 0 bridgehead atoms. The maximum atomic E-state index is 12.7. The van der Waals surface area contributed by atoms with Crippen LogP contribution in [0.4, 0.5) is 10.5 Å². The minimum atomic E-state index is -0.181. The van der Waals surface area contributed by atoms with Gasteiger partial charge in [-0.05, 0) is 30.5 Å². The van der Waals surface area contributed by atoms with Crippen LogP contribution in [-0.4, -0.2) is 55.5 Å². The molecule has 0 unspecified atom stereocenters. The summed E-state index contributed by atoms with van der Waals surface area (Å²) >= 11 is 0. The quantitative estimate of drug-likeness (QED) is 0.757. The van der Waals surface area contributed by atoms with Gasteiger partial charge in [0, 0.05) is 25.3 Å². The molecular weight excluding hydrogens is 344 g/mol. The Morgan fingerprint density at radius 3 is 2.85 bits per heavy atom. The van der Waals surface area contributed by atoms with E-state index in [1.165, 1.54) is 30.3 Å². The molecular formula is C20H28N4O3. The highest BCUT2D eigenvalue weighted by Crippen LogP contribution is 2.33. The number of aromatic nitrogens is 2. The van der Waals surface area contributed by atoms with E-state index >= 15 is 0 Å². The number of ether oxygens (including phenoxy) is 2. The summed E-state index contributed by atoms with van der Waals surface area (Å²) in [6.45, 7) is 3.88. The number of amides is 1. The Morgan fingerprint density at radius 2 is 2.11 bits per heavy atom. The summed E-state index contributed by atoms with van der Waals surface area (Å²) in [7, 11) is 1.55. The first-order valence-electron chi connectivity index (χ1n) is 9.93. The van der Waals surface area contributed by atoms with Gasteiger partial charge in [0.25, 0.3) is 0 Å². The van der Waals surface area contributed by atoms with Gasteiger partial charge in [-0.25, -0.2) is 9.36 Å². The molecule has 27 heavy (non-hydrogen) atoms. The van der Waals surface area contributed by atoms with Gasteiger partial charge in [-0.1, -0.05) is 25.7 Å². The topological polar surface area (TPSA) is 68.6 Å². The summed E-state index contributed by atoms with van der Waals surface area (Å²) in [5.41, 5.74) is 2.62. The fraction of sp³-hybridized carbons (Fsp3) is 0.600. The lowest BCUT2D eigenvalue weighted by Crippen LogP contribution is -2.36. The monoisotopic (exact) mass is 372 g/mol. The molecule has 7 nitrogen and oxygen atoms in total. The van der Waals surface area contributed by atoms with E-state index in [9.17, 15) is 4.79 Å². The van der Waals surface area contributed by atoms with E-state index in [1.54, 1.807) is 7.11 Å². The van der Waals surface area contributed by atoms with Crippen molar-refractivity contribution >= 4 is 22.8 Å². The molecule has 4 rings (SSSR count). The Hall–Kier alpha value is -2.28. The molecule has 1 aliphatic heterocycles. The molecule has 2 aromatic rings. The number of methoxy groups -OCH3 is 1. The van der Waals surface area contributed by atoms with Crippen LogP contribution in [0.25, 0.3) is 11.0 Å². The maximum Gasteiger partial charge on any atom is 0.330 e. The van der Waals surface area contributed by atoms with E-state index in [0.717, 1.165) is 55.4 Å². The second-order valence-electron chi connectivity index (χ2n) is 7.38. The van der Waals surface area contributed by atoms with Crippen LogP contribution < -0.4 is 15.0 Å². The molecule has 1 amide bonds. The van der Waals surface area contributed by atoms with E-state index in [2.05, 4.69) is 15.2 Å². The molecule has 2 aliphatic rings. The third-order valence-corrected chi connectivity index (χ3v) is 5.38. The van der Waals surface area contributed by atoms with E-state index in [1.807, 2.05) is 18.2 Å². The molecule has 0 atom stereocenters.